The monoisotopic (exact) mass is 208 g/mol. The van der Waals surface area contributed by atoms with Gasteiger partial charge in [-0.1, -0.05) is 17.7 Å². The van der Waals surface area contributed by atoms with Crippen molar-refractivity contribution in [3.05, 3.63) is 34.7 Å². The predicted octanol–water partition coefficient (Wildman–Crippen LogP) is 3.03. The number of nitrogens with zero attached hydrogens (tertiary/aromatic N) is 1. The molecule has 0 aliphatic rings. The van der Waals surface area contributed by atoms with Crippen LogP contribution in [0.15, 0.2) is 18.3 Å². The number of hydrogen-bond acceptors (Lipinski definition) is 1. The van der Waals surface area contributed by atoms with Crippen molar-refractivity contribution in [1.29, 1.82) is 5.26 Å². The standard InChI is InChI=1S/C10H6ClFN2/c11-8-2-1-7-6(3-4-13)5-14-10(7)9(8)12/h1-2,5,14H,3H2. The molecule has 70 valence electrons. The Bertz CT molecular complexity index is 525. The third-order valence-corrected chi connectivity index (χ3v) is 2.39. The van der Waals surface area contributed by atoms with Gasteiger partial charge in [-0.15, -0.1) is 0 Å². The Balaban J connectivity index is 2.72. The highest BCUT2D eigenvalue weighted by atomic mass is 35.5. The van der Waals surface area contributed by atoms with Gasteiger partial charge in [0.25, 0.3) is 0 Å². The van der Waals surface area contributed by atoms with Gasteiger partial charge in [-0.05, 0) is 11.6 Å². The fourth-order valence-electron chi connectivity index (χ4n) is 1.43. The number of aromatic amines is 1. The number of hydrogen-bond donors (Lipinski definition) is 1. The summed E-state index contributed by atoms with van der Waals surface area (Å²) in [5.41, 5.74) is 1.15. The summed E-state index contributed by atoms with van der Waals surface area (Å²) in [6.45, 7) is 0. The lowest BCUT2D eigenvalue weighted by Crippen LogP contribution is -1.81. The Hall–Kier alpha value is -1.53. The van der Waals surface area contributed by atoms with Gasteiger partial charge in [0.2, 0.25) is 0 Å². The first kappa shape index (κ1) is 9.04. The molecule has 0 atom stereocenters. The molecule has 0 spiro atoms. The molecule has 0 unspecified atom stereocenters. The zero-order chi connectivity index (χ0) is 10.1. The van der Waals surface area contributed by atoms with Crippen molar-refractivity contribution in [3.63, 3.8) is 0 Å². The van der Waals surface area contributed by atoms with E-state index < -0.39 is 5.82 Å². The normalized spacial score (nSPS) is 10.4. The Morgan fingerprint density at radius 2 is 2.29 bits per heavy atom. The van der Waals surface area contributed by atoms with Crippen molar-refractivity contribution in [3.8, 4) is 6.07 Å². The Morgan fingerprint density at radius 3 is 3.00 bits per heavy atom. The van der Waals surface area contributed by atoms with Gasteiger partial charge in [0.1, 0.15) is 0 Å². The smallest absolute Gasteiger partial charge is 0.165 e. The maximum absolute atomic E-state index is 13.4. The summed E-state index contributed by atoms with van der Waals surface area (Å²) in [7, 11) is 0. The molecular formula is C10H6ClFN2. The van der Waals surface area contributed by atoms with Gasteiger partial charge in [-0.3, -0.25) is 0 Å². The van der Waals surface area contributed by atoms with Crippen LogP contribution in [0.5, 0.6) is 0 Å². The average molecular weight is 209 g/mol. The first-order valence-electron chi connectivity index (χ1n) is 4.05. The largest absolute Gasteiger partial charge is 0.358 e. The van der Waals surface area contributed by atoms with Crippen LogP contribution in [-0.4, -0.2) is 4.98 Å². The maximum atomic E-state index is 13.4. The summed E-state index contributed by atoms with van der Waals surface area (Å²) in [5.74, 6) is -0.464. The molecule has 1 N–H and O–H groups in total. The van der Waals surface area contributed by atoms with E-state index in [-0.39, 0.29) is 11.4 Å². The lowest BCUT2D eigenvalue weighted by atomic mass is 10.1. The molecule has 1 aromatic carbocycles. The number of nitriles is 1. The van der Waals surface area contributed by atoms with Gasteiger partial charge in [0.15, 0.2) is 5.82 Å². The van der Waals surface area contributed by atoms with E-state index in [9.17, 15) is 4.39 Å². The molecule has 2 rings (SSSR count). The van der Waals surface area contributed by atoms with E-state index in [2.05, 4.69) is 4.98 Å². The third kappa shape index (κ3) is 1.24. The molecule has 0 radical (unpaired) electrons. The highest BCUT2D eigenvalue weighted by Gasteiger charge is 2.09. The fourth-order valence-corrected chi connectivity index (χ4v) is 1.59. The molecule has 0 aliphatic carbocycles. The topological polar surface area (TPSA) is 39.6 Å². The van der Waals surface area contributed by atoms with E-state index in [0.717, 1.165) is 5.56 Å². The highest BCUT2D eigenvalue weighted by molar-refractivity contribution is 6.31. The average Bonchev–Trinajstić information content (AvgIpc) is 2.57. The molecule has 0 aliphatic heterocycles. The fraction of sp³-hybridized carbons (Fsp3) is 0.100. The molecular weight excluding hydrogens is 203 g/mol. The molecule has 0 amide bonds. The van der Waals surface area contributed by atoms with Crippen molar-refractivity contribution in [2.45, 2.75) is 6.42 Å². The molecule has 0 fully saturated rings. The van der Waals surface area contributed by atoms with E-state index in [1.54, 1.807) is 12.3 Å². The number of halogens is 2. The number of aromatic nitrogens is 1. The highest BCUT2D eigenvalue weighted by Crippen LogP contribution is 2.26. The minimum Gasteiger partial charge on any atom is -0.358 e. The van der Waals surface area contributed by atoms with Gasteiger partial charge in [-0.2, -0.15) is 5.26 Å². The Labute approximate surface area is 84.9 Å². The molecule has 0 bridgehead atoms. The SMILES string of the molecule is N#CCc1c[nH]c2c(F)c(Cl)ccc12. The second kappa shape index (κ2) is 3.32. The van der Waals surface area contributed by atoms with Crippen LogP contribution in [-0.2, 0) is 6.42 Å². The summed E-state index contributed by atoms with van der Waals surface area (Å²) in [6.07, 6.45) is 1.90. The summed E-state index contributed by atoms with van der Waals surface area (Å²) in [6, 6.07) is 5.23. The van der Waals surface area contributed by atoms with Crippen molar-refractivity contribution < 1.29 is 4.39 Å². The van der Waals surface area contributed by atoms with E-state index in [4.69, 9.17) is 16.9 Å². The number of rotatable bonds is 1. The van der Waals surface area contributed by atoms with Crippen LogP contribution in [0.25, 0.3) is 10.9 Å². The molecule has 0 saturated carbocycles. The molecule has 4 heteroatoms. The van der Waals surface area contributed by atoms with Crippen molar-refractivity contribution >= 4 is 22.5 Å². The zero-order valence-corrected chi connectivity index (χ0v) is 7.90. The second-order valence-corrected chi connectivity index (χ2v) is 3.34. The number of nitrogens with one attached hydrogen (secondary N) is 1. The van der Waals surface area contributed by atoms with Crippen LogP contribution < -0.4 is 0 Å². The first-order valence-corrected chi connectivity index (χ1v) is 4.42. The Morgan fingerprint density at radius 1 is 1.50 bits per heavy atom. The van der Waals surface area contributed by atoms with Crippen molar-refractivity contribution in [2.75, 3.05) is 0 Å². The van der Waals surface area contributed by atoms with Gasteiger partial charge < -0.3 is 4.98 Å². The molecule has 0 saturated heterocycles. The third-order valence-electron chi connectivity index (χ3n) is 2.10. The minimum atomic E-state index is -0.464. The quantitative estimate of drug-likeness (QED) is 0.769. The molecule has 1 aromatic heterocycles. The van der Waals surface area contributed by atoms with Gasteiger partial charge in [0, 0.05) is 11.6 Å². The molecule has 2 nitrogen and oxygen atoms in total. The van der Waals surface area contributed by atoms with Gasteiger partial charge in [0.05, 0.1) is 23.0 Å². The predicted molar refractivity (Wildman–Crippen MR) is 52.6 cm³/mol. The summed E-state index contributed by atoms with van der Waals surface area (Å²) in [4.78, 5) is 2.77. The molecule has 1 heterocycles. The lowest BCUT2D eigenvalue weighted by molar-refractivity contribution is 0.638. The minimum absolute atomic E-state index is 0.0860. The molecule has 2 aromatic rings. The number of benzene rings is 1. The second-order valence-electron chi connectivity index (χ2n) is 2.93. The van der Waals surface area contributed by atoms with E-state index >= 15 is 0 Å². The van der Waals surface area contributed by atoms with Crippen LogP contribution >= 0.6 is 11.6 Å². The zero-order valence-electron chi connectivity index (χ0n) is 7.14. The van der Waals surface area contributed by atoms with Crippen molar-refractivity contribution in [2.24, 2.45) is 0 Å². The van der Waals surface area contributed by atoms with Crippen LogP contribution in [0.2, 0.25) is 5.02 Å². The van der Waals surface area contributed by atoms with Crippen molar-refractivity contribution in [1.82, 2.24) is 4.98 Å². The van der Waals surface area contributed by atoms with Crippen LogP contribution in [0.3, 0.4) is 0 Å². The summed E-state index contributed by atoms with van der Waals surface area (Å²) in [5, 5.41) is 9.34. The van der Waals surface area contributed by atoms with E-state index in [1.807, 2.05) is 6.07 Å². The lowest BCUT2D eigenvalue weighted by Gasteiger charge is -1.96. The van der Waals surface area contributed by atoms with Crippen LogP contribution in [0, 0.1) is 17.1 Å². The summed E-state index contributed by atoms with van der Waals surface area (Å²) < 4.78 is 13.4. The first-order chi connectivity index (χ1) is 6.74. The molecule has 14 heavy (non-hydrogen) atoms. The Kier molecular flexibility index (Phi) is 2.14. The van der Waals surface area contributed by atoms with E-state index in [1.165, 1.54) is 6.07 Å². The van der Waals surface area contributed by atoms with E-state index in [0.29, 0.717) is 10.9 Å². The van der Waals surface area contributed by atoms with Gasteiger partial charge in [-0.25, -0.2) is 4.39 Å². The van der Waals surface area contributed by atoms with Crippen LogP contribution in [0.4, 0.5) is 4.39 Å². The maximum Gasteiger partial charge on any atom is 0.165 e. The number of H-pyrrole nitrogens is 1. The van der Waals surface area contributed by atoms with Crippen LogP contribution in [0.1, 0.15) is 5.56 Å². The number of fused-ring (bicyclic) bond motifs is 1. The summed E-state index contributed by atoms with van der Waals surface area (Å²) >= 11 is 5.61. The van der Waals surface area contributed by atoms with Gasteiger partial charge >= 0.3 is 0 Å².